The molecule has 2 rings (SSSR count). The van der Waals surface area contributed by atoms with Gasteiger partial charge < -0.3 is 20.3 Å². The molecular weight excluding hydrogens is 266 g/mol. The lowest BCUT2D eigenvalue weighted by Gasteiger charge is -2.21. The number of hydrogen-bond acceptors (Lipinski definition) is 3. The molecule has 0 bridgehead atoms. The molecule has 1 aliphatic rings. The quantitative estimate of drug-likeness (QED) is 0.900. The van der Waals surface area contributed by atoms with Crippen LogP contribution in [0, 0.1) is 0 Å². The van der Waals surface area contributed by atoms with Gasteiger partial charge in [-0.2, -0.15) is 0 Å². The van der Waals surface area contributed by atoms with Crippen LogP contribution in [-0.2, 0) is 4.74 Å². The van der Waals surface area contributed by atoms with Crippen LogP contribution in [-0.4, -0.2) is 37.9 Å². The lowest BCUT2D eigenvalue weighted by Crippen LogP contribution is -2.43. The fourth-order valence-electron chi connectivity index (χ4n) is 2.41. The van der Waals surface area contributed by atoms with Crippen molar-refractivity contribution in [1.82, 2.24) is 5.32 Å². The van der Waals surface area contributed by atoms with Gasteiger partial charge in [0.1, 0.15) is 0 Å². The fraction of sp³-hybridized carbons (Fsp3) is 0.562. The Morgan fingerprint density at radius 1 is 1.29 bits per heavy atom. The number of anilines is 2. The molecule has 5 nitrogen and oxygen atoms in total. The largest absolute Gasteiger partial charge is 0.380 e. The third kappa shape index (κ3) is 4.63. The Labute approximate surface area is 126 Å². The Hall–Kier alpha value is -1.75. The zero-order valence-corrected chi connectivity index (χ0v) is 13.3. The molecule has 116 valence electrons. The van der Waals surface area contributed by atoms with Crippen molar-refractivity contribution in [3.63, 3.8) is 0 Å². The highest BCUT2D eigenvalue weighted by atomic mass is 16.5. The van der Waals surface area contributed by atoms with Crippen molar-refractivity contribution in [1.29, 1.82) is 0 Å². The molecule has 1 atom stereocenters. The molecule has 1 aromatic carbocycles. The number of rotatable bonds is 3. The number of benzene rings is 1. The standard InChI is InChI=1S/C16H25N3O2/c1-16(2,3)18-15(20)17-12-5-7-13(8-6-12)19-10-9-14(11-19)21-4/h5-8,14H,9-11H2,1-4H3,(H2,17,18,20). The average molecular weight is 291 g/mol. The van der Waals surface area contributed by atoms with Crippen LogP contribution in [0.2, 0.25) is 0 Å². The van der Waals surface area contributed by atoms with Gasteiger partial charge in [-0.3, -0.25) is 0 Å². The van der Waals surface area contributed by atoms with E-state index < -0.39 is 0 Å². The lowest BCUT2D eigenvalue weighted by molar-refractivity contribution is 0.121. The Morgan fingerprint density at radius 3 is 2.48 bits per heavy atom. The van der Waals surface area contributed by atoms with E-state index in [4.69, 9.17) is 4.74 Å². The maximum Gasteiger partial charge on any atom is 0.319 e. The van der Waals surface area contributed by atoms with E-state index in [1.165, 1.54) is 0 Å². The van der Waals surface area contributed by atoms with Crippen LogP contribution in [0.4, 0.5) is 16.2 Å². The minimum absolute atomic E-state index is 0.184. The van der Waals surface area contributed by atoms with Crippen LogP contribution in [0.25, 0.3) is 0 Å². The molecule has 0 radical (unpaired) electrons. The highest BCUT2D eigenvalue weighted by Gasteiger charge is 2.22. The number of nitrogens with zero attached hydrogens (tertiary/aromatic N) is 1. The predicted molar refractivity (Wildman–Crippen MR) is 86.0 cm³/mol. The number of urea groups is 1. The van der Waals surface area contributed by atoms with E-state index in [2.05, 4.69) is 15.5 Å². The van der Waals surface area contributed by atoms with Crippen molar-refractivity contribution in [2.24, 2.45) is 0 Å². The van der Waals surface area contributed by atoms with Crippen molar-refractivity contribution in [2.45, 2.75) is 38.8 Å². The fourth-order valence-corrected chi connectivity index (χ4v) is 2.41. The van der Waals surface area contributed by atoms with Gasteiger partial charge in [0.2, 0.25) is 0 Å². The van der Waals surface area contributed by atoms with E-state index in [-0.39, 0.29) is 11.6 Å². The van der Waals surface area contributed by atoms with E-state index in [0.717, 1.165) is 30.9 Å². The van der Waals surface area contributed by atoms with Gasteiger partial charge >= 0.3 is 6.03 Å². The van der Waals surface area contributed by atoms with Crippen LogP contribution in [0.1, 0.15) is 27.2 Å². The molecule has 1 saturated heterocycles. The van der Waals surface area contributed by atoms with Crippen LogP contribution in [0.15, 0.2) is 24.3 Å². The van der Waals surface area contributed by atoms with E-state index in [9.17, 15) is 4.79 Å². The summed E-state index contributed by atoms with van der Waals surface area (Å²) in [6.07, 6.45) is 1.38. The molecule has 1 unspecified atom stereocenters. The second-order valence-corrected chi connectivity index (χ2v) is 6.47. The summed E-state index contributed by atoms with van der Waals surface area (Å²) in [7, 11) is 1.76. The third-order valence-corrected chi connectivity index (χ3v) is 3.46. The molecule has 1 aliphatic heterocycles. The van der Waals surface area contributed by atoms with Crippen molar-refractivity contribution in [3.8, 4) is 0 Å². The molecule has 5 heteroatoms. The van der Waals surface area contributed by atoms with Crippen LogP contribution < -0.4 is 15.5 Å². The van der Waals surface area contributed by atoms with Crippen LogP contribution in [0.3, 0.4) is 0 Å². The molecule has 0 spiro atoms. The van der Waals surface area contributed by atoms with Gasteiger partial charge in [-0.15, -0.1) is 0 Å². The van der Waals surface area contributed by atoms with Gasteiger partial charge in [-0.1, -0.05) is 0 Å². The Kier molecular flexibility index (Phi) is 4.73. The molecule has 21 heavy (non-hydrogen) atoms. The Bertz CT molecular complexity index is 479. The summed E-state index contributed by atoms with van der Waals surface area (Å²) in [5, 5.41) is 5.72. The second-order valence-electron chi connectivity index (χ2n) is 6.47. The second kappa shape index (κ2) is 6.35. The maximum absolute atomic E-state index is 11.8. The smallest absolute Gasteiger partial charge is 0.319 e. The molecule has 1 aromatic rings. The maximum atomic E-state index is 11.8. The van der Waals surface area contributed by atoms with Crippen molar-refractivity contribution in [2.75, 3.05) is 30.4 Å². The number of methoxy groups -OCH3 is 1. The number of carbonyl (C=O) groups excluding carboxylic acids is 1. The SMILES string of the molecule is COC1CCN(c2ccc(NC(=O)NC(C)(C)C)cc2)C1. The first-order chi connectivity index (χ1) is 9.87. The summed E-state index contributed by atoms with van der Waals surface area (Å²) in [6, 6.07) is 7.74. The minimum atomic E-state index is -0.241. The summed E-state index contributed by atoms with van der Waals surface area (Å²) < 4.78 is 5.38. The highest BCUT2D eigenvalue weighted by molar-refractivity contribution is 5.89. The van der Waals surface area contributed by atoms with Crippen molar-refractivity contribution in [3.05, 3.63) is 24.3 Å². The number of nitrogens with one attached hydrogen (secondary N) is 2. The summed E-state index contributed by atoms with van der Waals surface area (Å²) >= 11 is 0. The molecule has 1 heterocycles. The van der Waals surface area contributed by atoms with Crippen LogP contribution in [0.5, 0.6) is 0 Å². The first-order valence-electron chi connectivity index (χ1n) is 7.34. The van der Waals surface area contributed by atoms with Crippen molar-refractivity contribution >= 4 is 17.4 Å². The first-order valence-corrected chi connectivity index (χ1v) is 7.34. The van der Waals surface area contributed by atoms with Gasteiger partial charge in [0.15, 0.2) is 0 Å². The number of amides is 2. The Balaban J connectivity index is 1.92. The summed E-state index contributed by atoms with van der Waals surface area (Å²) in [6.45, 7) is 7.80. The first kappa shape index (κ1) is 15.6. The zero-order valence-electron chi connectivity index (χ0n) is 13.3. The molecule has 0 saturated carbocycles. The lowest BCUT2D eigenvalue weighted by atomic mass is 10.1. The number of carbonyl (C=O) groups is 1. The topological polar surface area (TPSA) is 53.6 Å². The summed E-state index contributed by atoms with van der Waals surface area (Å²) in [5.41, 5.74) is 1.72. The summed E-state index contributed by atoms with van der Waals surface area (Å²) in [5.74, 6) is 0. The van der Waals surface area contributed by atoms with Crippen molar-refractivity contribution < 1.29 is 9.53 Å². The normalized spacial score (nSPS) is 18.7. The molecular formula is C16H25N3O2. The monoisotopic (exact) mass is 291 g/mol. The van der Waals surface area contributed by atoms with E-state index in [1.54, 1.807) is 7.11 Å². The zero-order chi connectivity index (χ0) is 15.5. The molecule has 0 aromatic heterocycles. The molecule has 1 fully saturated rings. The van der Waals surface area contributed by atoms with Gasteiger partial charge in [-0.05, 0) is 51.5 Å². The molecule has 2 amide bonds. The van der Waals surface area contributed by atoms with Crippen LogP contribution >= 0.6 is 0 Å². The number of ether oxygens (including phenoxy) is 1. The van der Waals surface area contributed by atoms with E-state index >= 15 is 0 Å². The minimum Gasteiger partial charge on any atom is -0.380 e. The van der Waals surface area contributed by atoms with E-state index in [0.29, 0.717) is 6.10 Å². The van der Waals surface area contributed by atoms with Gasteiger partial charge in [-0.25, -0.2) is 4.79 Å². The van der Waals surface area contributed by atoms with Gasteiger partial charge in [0, 0.05) is 37.1 Å². The van der Waals surface area contributed by atoms with Gasteiger partial charge in [0.25, 0.3) is 0 Å². The molecule has 2 N–H and O–H groups in total. The van der Waals surface area contributed by atoms with Gasteiger partial charge in [0.05, 0.1) is 6.10 Å². The summed E-state index contributed by atoms with van der Waals surface area (Å²) in [4.78, 5) is 14.1. The average Bonchev–Trinajstić information content (AvgIpc) is 2.86. The third-order valence-electron chi connectivity index (χ3n) is 3.46. The van der Waals surface area contributed by atoms with E-state index in [1.807, 2.05) is 45.0 Å². The Morgan fingerprint density at radius 2 is 1.95 bits per heavy atom. The molecule has 0 aliphatic carbocycles. The number of hydrogen-bond donors (Lipinski definition) is 2. The highest BCUT2D eigenvalue weighted by Crippen LogP contribution is 2.23. The predicted octanol–water partition coefficient (Wildman–Crippen LogP) is 2.83.